The average Bonchev–Trinajstić information content (AvgIpc) is 3.15. The molecule has 1 fully saturated rings. The highest BCUT2D eigenvalue weighted by molar-refractivity contribution is 7.15. The van der Waals surface area contributed by atoms with Crippen molar-refractivity contribution >= 4 is 11.3 Å². The lowest BCUT2D eigenvalue weighted by molar-refractivity contribution is 0.0938. The Labute approximate surface area is 141 Å². The van der Waals surface area contributed by atoms with Gasteiger partial charge in [-0.2, -0.15) is 5.10 Å². The SMILES string of the molecule is Cn1cc(-c2ccc(CN3CC(Cc4ccccc4)C3)s2)cn1. The molecule has 118 valence electrons. The van der Waals surface area contributed by atoms with Gasteiger partial charge in [-0.1, -0.05) is 30.3 Å². The first-order chi connectivity index (χ1) is 11.3. The van der Waals surface area contributed by atoms with Crippen molar-refractivity contribution in [3.63, 3.8) is 0 Å². The van der Waals surface area contributed by atoms with E-state index >= 15 is 0 Å². The summed E-state index contributed by atoms with van der Waals surface area (Å²) in [7, 11) is 1.96. The van der Waals surface area contributed by atoms with E-state index in [0.29, 0.717) is 0 Å². The molecule has 23 heavy (non-hydrogen) atoms. The Morgan fingerprint density at radius 3 is 2.70 bits per heavy atom. The Morgan fingerprint density at radius 2 is 1.96 bits per heavy atom. The van der Waals surface area contributed by atoms with Crippen molar-refractivity contribution in [2.75, 3.05) is 13.1 Å². The zero-order valence-corrected chi connectivity index (χ0v) is 14.2. The highest BCUT2D eigenvalue weighted by Crippen LogP contribution is 2.30. The van der Waals surface area contributed by atoms with Gasteiger partial charge in [-0.05, 0) is 30.0 Å². The predicted molar refractivity (Wildman–Crippen MR) is 95.4 cm³/mol. The summed E-state index contributed by atoms with van der Waals surface area (Å²) in [5.74, 6) is 0.815. The molecular weight excluding hydrogens is 302 g/mol. The maximum atomic E-state index is 4.25. The molecule has 1 aliphatic heterocycles. The predicted octanol–water partition coefficient (Wildman–Crippen LogP) is 3.82. The molecule has 4 rings (SSSR count). The van der Waals surface area contributed by atoms with Crippen molar-refractivity contribution in [2.24, 2.45) is 13.0 Å². The van der Waals surface area contributed by atoms with Crippen molar-refractivity contribution in [1.82, 2.24) is 14.7 Å². The standard InChI is InChI=1S/C19H21N3S/c1-21-13-17(10-20-21)19-8-7-18(23-19)14-22-11-16(12-22)9-15-5-3-2-4-6-15/h2-8,10,13,16H,9,11-12,14H2,1H3. The zero-order valence-electron chi connectivity index (χ0n) is 13.4. The fourth-order valence-corrected chi connectivity index (χ4v) is 4.29. The van der Waals surface area contributed by atoms with Gasteiger partial charge < -0.3 is 0 Å². The number of rotatable bonds is 5. The maximum absolute atomic E-state index is 4.25. The van der Waals surface area contributed by atoms with Crippen molar-refractivity contribution in [1.29, 1.82) is 0 Å². The van der Waals surface area contributed by atoms with Gasteiger partial charge in [0, 0.05) is 48.2 Å². The molecule has 0 radical (unpaired) electrons. The summed E-state index contributed by atoms with van der Waals surface area (Å²) in [5, 5.41) is 4.25. The van der Waals surface area contributed by atoms with Gasteiger partial charge >= 0.3 is 0 Å². The molecule has 0 spiro atoms. The first-order valence-electron chi connectivity index (χ1n) is 8.10. The Kier molecular flexibility index (Phi) is 4.02. The number of hydrogen-bond acceptors (Lipinski definition) is 3. The molecule has 0 amide bonds. The Bertz CT molecular complexity index is 769. The number of nitrogens with zero attached hydrogens (tertiary/aromatic N) is 3. The Balaban J connectivity index is 1.30. The van der Waals surface area contributed by atoms with E-state index in [0.717, 1.165) is 12.5 Å². The van der Waals surface area contributed by atoms with E-state index < -0.39 is 0 Å². The van der Waals surface area contributed by atoms with Gasteiger partial charge in [0.05, 0.1) is 6.20 Å². The lowest BCUT2D eigenvalue weighted by atomic mass is 9.92. The smallest absolute Gasteiger partial charge is 0.0576 e. The van der Waals surface area contributed by atoms with Crippen molar-refractivity contribution in [3.8, 4) is 10.4 Å². The molecule has 0 bridgehead atoms. The van der Waals surface area contributed by atoms with Gasteiger partial charge in [-0.15, -0.1) is 11.3 Å². The number of aromatic nitrogens is 2. The summed E-state index contributed by atoms with van der Waals surface area (Å²) in [5.41, 5.74) is 2.68. The highest BCUT2D eigenvalue weighted by Gasteiger charge is 2.26. The number of thiophene rings is 1. The van der Waals surface area contributed by atoms with E-state index in [1.807, 2.05) is 29.3 Å². The Hall–Kier alpha value is -1.91. The monoisotopic (exact) mass is 323 g/mol. The summed E-state index contributed by atoms with van der Waals surface area (Å²) in [6.45, 7) is 3.51. The molecule has 0 saturated carbocycles. The van der Waals surface area contributed by atoms with Gasteiger partial charge in [-0.3, -0.25) is 9.58 Å². The van der Waals surface area contributed by atoms with Crippen LogP contribution in [0.2, 0.25) is 0 Å². The van der Waals surface area contributed by atoms with Crippen molar-refractivity contribution in [2.45, 2.75) is 13.0 Å². The largest absolute Gasteiger partial charge is 0.298 e. The molecule has 0 atom stereocenters. The van der Waals surface area contributed by atoms with Gasteiger partial charge in [0.1, 0.15) is 0 Å². The van der Waals surface area contributed by atoms with Crippen LogP contribution in [0.15, 0.2) is 54.9 Å². The second kappa shape index (κ2) is 6.30. The van der Waals surface area contributed by atoms with Gasteiger partial charge in [0.25, 0.3) is 0 Å². The third-order valence-electron chi connectivity index (χ3n) is 4.43. The number of aryl methyl sites for hydroxylation is 1. The first-order valence-corrected chi connectivity index (χ1v) is 8.92. The molecule has 2 aromatic heterocycles. The second-order valence-corrected chi connectivity index (χ2v) is 7.59. The van der Waals surface area contributed by atoms with Gasteiger partial charge in [-0.25, -0.2) is 0 Å². The van der Waals surface area contributed by atoms with E-state index in [9.17, 15) is 0 Å². The molecule has 1 aromatic carbocycles. The van der Waals surface area contributed by atoms with Crippen LogP contribution < -0.4 is 0 Å². The molecule has 3 heterocycles. The molecule has 0 unspecified atom stereocenters. The van der Waals surface area contributed by atoms with Crippen molar-refractivity contribution < 1.29 is 0 Å². The number of likely N-dealkylation sites (tertiary alicyclic amines) is 1. The van der Waals surface area contributed by atoms with Gasteiger partial charge in [0.15, 0.2) is 0 Å². The molecule has 0 aliphatic carbocycles. The lowest BCUT2D eigenvalue weighted by Gasteiger charge is -2.39. The molecule has 3 nitrogen and oxygen atoms in total. The van der Waals surface area contributed by atoms with Crippen LogP contribution in [-0.4, -0.2) is 27.8 Å². The summed E-state index contributed by atoms with van der Waals surface area (Å²) in [4.78, 5) is 5.31. The Morgan fingerprint density at radius 1 is 1.13 bits per heavy atom. The third-order valence-corrected chi connectivity index (χ3v) is 5.55. The summed E-state index contributed by atoms with van der Waals surface area (Å²) >= 11 is 1.89. The number of benzene rings is 1. The highest BCUT2D eigenvalue weighted by atomic mass is 32.1. The summed E-state index contributed by atoms with van der Waals surface area (Å²) < 4.78 is 1.86. The third kappa shape index (κ3) is 3.38. The molecule has 3 aromatic rings. The maximum Gasteiger partial charge on any atom is 0.0576 e. The fraction of sp³-hybridized carbons (Fsp3) is 0.316. The quantitative estimate of drug-likeness (QED) is 0.712. The molecule has 1 aliphatic rings. The van der Waals surface area contributed by atoms with E-state index in [-0.39, 0.29) is 0 Å². The van der Waals surface area contributed by atoms with Crippen LogP contribution in [0.4, 0.5) is 0 Å². The minimum Gasteiger partial charge on any atom is -0.298 e. The van der Waals surface area contributed by atoms with Crippen LogP contribution in [0.5, 0.6) is 0 Å². The second-order valence-electron chi connectivity index (χ2n) is 6.42. The molecular formula is C19H21N3S. The van der Waals surface area contributed by atoms with Gasteiger partial charge in [0.2, 0.25) is 0 Å². The molecule has 0 N–H and O–H groups in total. The van der Waals surface area contributed by atoms with Crippen LogP contribution in [-0.2, 0) is 20.0 Å². The van der Waals surface area contributed by atoms with E-state index in [2.05, 4.69) is 58.7 Å². The first kappa shape index (κ1) is 14.7. The minimum absolute atomic E-state index is 0.815. The summed E-state index contributed by atoms with van der Waals surface area (Å²) in [6.07, 6.45) is 5.23. The van der Waals surface area contributed by atoms with Crippen LogP contribution >= 0.6 is 11.3 Å². The minimum atomic E-state index is 0.815. The average molecular weight is 323 g/mol. The molecule has 4 heteroatoms. The lowest BCUT2D eigenvalue weighted by Crippen LogP contribution is -2.46. The summed E-state index contributed by atoms with van der Waals surface area (Å²) in [6, 6.07) is 15.3. The van der Waals surface area contributed by atoms with E-state index in [4.69, 9.17) is 0 Å². The van der Waals surface area contributed by atoms with Crippen LogP contribution in [0.1, 0.15) is 10.4 Å². The topological polar surface area (TPSA) is 21.1 Å². The van der Waals surface area contributed by atoms with E-state index in [1.54, 1.807) is 0 Å². The fourth-order valence-electron chi connectivity index (χ4n) is 3.27. The van der Waals surface area contributed by atoms with Crippen LogP contribution in [0.25, 0.3) is 10.4 Å². The normalized spacial score (nSPS) is 15.7. The number of hydrogen-bond donors (Lipinski definition) is 0. The van der Waals surface area contributed by atoms with Crippen molar-refractivity contribution in [3.05, 3.63) is 65.3 Å². The zero-order chi connectivity index (χ0) is 15.6. The van der Waals surface area contributed by atoms with Crippen LogP contribution in [0, 0.1) is 5.92 Å². The van der Waals surface area contributed by atoms with Crippen LogP contribution in [0.3, 0.4) is 0 Å². The molecule has 1 saturated heterocycles. The van der Waals surface area contributed by atoms with E-state index in [1.165, 1.54) is 40.4 Å².